The number of nitrogens with two attached hydrogens (primary N) is 1. The number of rotatable bonds is 6. The third kappa shape index (κ3) is 5.73. The third-order valence-corrected chi connectivity index (χ3v) is 2.63. The summed E-state index contributed by atoms with van der Waals surface area (Å²) in [5.41, 5.74) is 6.13. The van der Waals surface area contributed by atoms with Gasteiger partial charge < -0.3 is 20.1 Å². The number of alkyl halides is 2. The lowest BCUT2D eigenvalue weighted by atomic mass is 10.2. The van der Waals surface area contributed by atoms with Crippen LogP contribution in [0.5, 0.6) is 11.5 Å². The molecule has 0 saturated heterocycles. The molecule has 0 heterocycles. The van der Waals surface area contributed by atoms with Crippen molar-refractivity contribution < 1.29 is 23.0 Å². The first-order valence-corrected chi connectivity index (χ1v) is 5.97. The van der Waals surface area contributed by atoms with Gasteiger partial charge in [0.15, 0.2) is 11.5 Å². The fraction of sp³-hybridized carbons (Fsp3) is 0.462. The lowest BCUT2D eigenvalue weighted by molar-refractivity contribution is -0.131. The minimum atomic E-state index is -2.94. The first-order valence-electron chi connectivity index (χ1n) is 5.97. The van der Waals surface area contributed by atoms with Crippen molar-refractivity contribution in [1.29, 1.82) is 0 Å². The maximum atomic E-state index is 12.3. The Morgan fingerprint density at radius 1 is 1.38 bits per heavy atom. The zero-order valence-electron chi connectivity index (χ0n) is 12.0. The number of benzene rings is 1. The number of hydrogen-bond donors (Lipinski definition) is 1. The summed E-state index contributed by atoms with van der Waals surface area (Å²) >= 11 is 0. The van der Waals surface area contributed by atoms with Gasteiger partial charge in [0.25, 0.3) is 0 Å². The van der Waals surface area contributed by atoms with E-state index in [-0.39, 0.29) is 36.4 Å². The van der Waals surface area contributed by atoms with Crippen molar-refractivity contribution in [2.75, 3.05) is 14.2 Å². The molecule has 8 heteroatoms. The van der Waals surface area contributed by atoms with E-state index in [0.717, 1.165) is 0 Å². The summed E-state index contributed by atoms with van der Waals surface area (Å²) in [5, 5.41) is 0. The van der Waals surface area contributed by atoms with E-state index in [1.54, 1.807) is 20.0 Å². The van der Waals surface area contributed by atoms with Crippen molar-refractivity contribution in [2.45, 2.75) is 26.1 Å². The first kappa shape index (κ1) is 19.4. The first-order chi connectivity index (χ1) is 9.35. The van der Waals surface area contributed by atoms with E-state index in [4.69, 9.17) is 10.5 Å². The number of ether oxygens (including phenoxy) is 2. The molecule has 120 valence electrons. The highest BCUT2D eigenvalue weighted by Gasteiger charge is 2.16. The third-order valence-electron chi connectivity index (χ3n) is 2.63. The normalized spacial score (nSPS) is 11.6. The highest BCUT2D eigenvalue weighted by molar-refractivity contribution is 5.85. The van der Waals surface area contributed by atoms with Crippen LogP contribution in [-0.2, 0) is 11.3 Å². The SMILES string of the molecule is COc1ccc(CN(C)C(=O)[C@H](C)N)cc1OC(F)F.Cl. The Labute approximate surface area is 128 Å². The summed E-state index contributed by atoms with van der Waals surface area (Å²) in [6, 6.07) is 3.98. The number of carbonyl (C=O) groups is 1. The predicted octanol–water partition coefficient (Wildman–Crippen LogP) is 2.02. The second-order valence-electron chi connectivity index (χ2n) is 4.35. The average Bonchev–Trinajstić information content (AvgIpc) is 2.37. The summed E-state index contributed by atoms with van der Waals surface area (Å²) in [6.07, 6.45) is 0. The van der Waals surface area contributed by atoms with Crippen molar-refractivity contribution in [1.82, 2.24) is 4.90 Å². The van der Waals surface area contributed by atoms with E-state index >= 15 is 0 Å². The van der Waals surface area contributed by atoms with Crippen LogP contribution in [0.4, 0.5) is 8.78 Å². The molecule has 0 aromatic heterocycles. The van der Waals surface area contributed by atoms with Gasteiger partial charge in [0.2, 0.25) is 5.91 Å². The quantitative estimate of drug-likeness (QED) is 0.869. The number of halogens is 3. The second kappa shape index (κ2) is 8.63. The zero-order valence-corrected chi connectivity index (χ0v) is 12.8. The van der Waals surface area contributed by atoms with E-state index in [2.05, 4.69) is 4.74 Å². The van der Waals surface area contributed by atoms with E-state index < -0.39 is 12.7 Å². The molecule has 0 saturated carbocycles. The molecule has 1 rings (SSSR count). The molecule has 21 heavy (non-hydrogen) atoms. The topological polar surface area (TPSA) is 64.8 Å². The Balaban J connectivity index is 0.00000400. The Hall–Kier alpha value is -1.60. The van der Waals surface area contributed by atoms with Crippen molar-refractivity contribution >= 4 is 18.3 Å². The monoisotopic (exact) mass is 324 g/mol. The van der Waals surface area contributed by atoms with Crippen molar-refractivity contribution in [2.24, 2.45) is 5.73 Å². The fourth-order valence-electron chi connectivity index (χ4n) is 1.71. The molecule has 0 spiro atoms. The van der Waals surface area contributed by atoms with Crippen LogP contribution in [0, 0.1) is 0 Å². The van der Waals surface area contributed by atoms with Gasteiger partial charge in [-0.2, -0.15) is 8.78 Å². The van der Waals surface area contributed by atoms with Gasteiger partial charge in [-0.1, -0.05) is 6.07 Å². The van der Waals surface area contributed by atoms with Crippen LogP contribution >= 0.6 is 12.4 Å². The number of methoxy groups -OCH3 is 1. The van der Waals surface area contributed by atoms with Gasteiger partial charge in [0.1, 0.15) is 0 Å². The maximum Gasteiger partial charge on any atom is 0.387 e. The molecule has 0 aliphatic heterocycles. The number of hydrogen-bond acceptors (Lipinski definition) is 4. The Bertz CT molecular complexity index is 473. The minimum absolute atomic E-state index is 0. The van der Waals surface area contributed by atoms with Crippen LogP contribution in [-0.4, -0.2) is 37.6 Å². The van der Waals surface area contributed by atoms with Gasteiger partial charge in [-0.15, -0.1) is 12.4 Å². The summed E-state index contributed by atoms with van der Waals surface area (Å²) in [6.45, 7) is -1.12. The summed E-state index contributed by atoms with van der Waals surface area (Å²) in [4.78, 5) is 13.1. The Kier molecular flexibility index (Phi) is 7.98. The smallest absolute Gasteiger partial charge is 0.387 e. The van der Waals surface area contributed by atoms with Crippen LogP contribution < -0.4 is 15.2 Å². The second-order valence-corrected chi connectivity index (χ2v) is 4.35. The lowest BCUT2D eigenvalue weighted by Crippen LogP contribution is -2.39. The van der Waals surface area contributed by atoms with Gasteiger partial charge in [-0.25, -0.2) is 0 Å². The van der Waals surface area contributed by atoms with Crippen LogP contribution in [0.15, 0.2) is 18.2 Å². The van der Waals surface area contributed by atoms with E-state index in [9.17, 15) is 13.6 Å². The van der Waals surface area contributed by atoms with Gasteiger partial charge in [-0.05, 0) is 24.6 Å². The number of amides is 1. The molecule has 0 radical (unpaired) electrons. The Morgan fingerprint density at radius 3 is 2.48 bits per heavy atom. The van der Waals surface area contributed by atoms with Crippen LogP contribution in [0.25, 0.3) is 0 Å². The highest BCUT2D eigenvalue weighted by atomic mass is 35.5. The standard InChI is InChI=1S/C13H18F2N2O3.ClH/c1-8(16)12(18)17(2)7-9-4-5-10(19-3)11(6-9)20-13(14)15;/h4-6,8,13H,7,16H2,1-3H3;1H/t8-;/m0./s1. The van der Waals surface area contributed by atoms with Crippen LogP contribution in [0.3, 0.4) is 0 Å². The number of carbonyl (C=O) groups excluding carboxylic acids is 1. The summed E-state index contributed by atoms with van der Waals surface area (Å²) in [5.74, 6) is -0.103. The average molecular weight is 325 g/mol. The highest BCUT2D eigenvalue weighted by Crippen LogP contribution is 2.29. The molecule has 1 atom stereocenters. The zero-order chi connectivity index (χ0) is 15.3. The Morgan fingerprint density at radius 2 is 2.00 bits per heavy atom. The molecular formula is C13H19ClF2N2O3. The van der Waals surface area contributed by atoms with Gasteiger partial charge in [0.05, 0.1) is 13.2 Å². The molecule has 1 aromatic carbocycles. The van der Waals surface area contributed by atoms with Crippen molar-refractivity contribution in [3.8, 4) is 11.5 Å². The molecule has 1 amide bonds. The van der Waals surface area contributed by atoms with Crippen molar-refractivity contribution in [3.05, 3.63) is 23.8 Å². The molecule has 2 N–H and O–H groups in total. The largest absolute Gasteiger partial charge is 0.493 e. The molecule has 5 nitrogen and oxygen atoms in total. The molecule has 1 aromatic rings. The lowest BCUT2D eigenvalue weighted by Gasteiger charge is -2.20. The maximum absolute atomic E-state index is 12.3. The van der Waals surface area contributed by atoms with Gasteiger partial charge in [-0.3, -0.25) is 4.79 Å². The number of likely N-dealkylation sites (N-methyl/N-ethyl adjacent to an activating group) is 1. The van der Waals surface area contributed by atoms with E-state index in [0.29, 0.717) is 5.56 Å². The molecule has 0 fully saturated rings. The van der Waals surface area contributed by atoms with Crippen LogP contribution in [0.1, 0.15) is 12.5 Å². The molecule has 0 aliphatic carbocycles. The minimum Gasteiger partial charge on any atom is -0.493 e. The van der Waals surface area contributed by atoms with E-state index in [1.807, 2.05) is 0 Å². The summed E-state index contributed by atoms with van der Waals surface area (Å²) < 4.78 is 33.9. The van der Waals surface area contributed by atoms with Gasteiger partial charge in [0, 0.05) is 13.6 Å². The van der Waals surface area contributed by atoms with E-state index in [1.165, 1.54) is 24.1 Å². The molecule has 0 unspecified atom stereocenters. The number of nitrogens with zero attached hydrogens (tertiary/aromatic N) is 1. The fourth-order valence-corrected chi connectivity index (χ4v) is 1.71. The van der Waals surface area contributed by atoms with Crippen LogP contribution in [0.2, 0.25) is 0 Å². The predicted molar refractivity (Wildman–Crippen MR) is 77.0 cm³/mol. The summed E-state index contributed by atoms with van der Waals surface area (Å²) in [7, 11) is 2.95. The molecule has 0 bridgehead atoms. The molecule has 0 aliphatic rings. The molecular weight excluding hydrogens is 306 g/mol. The van der Waals surface area contributed by atoms with Crippen molar-refractivity contribution in [3.63, 3.8) is 0 Å². The van der Waals surface area contributed by atoms with Gasteiger partial charge >= 0.3 is 6.61 Å².